The summed E-state index contributed by atoms with van der Waals surface area (Å²) in [4.78, 5) is 40.3. The second kappa shape index (κ2) is 12.9. The van der Waals surface area contributed by atoms with Gasteiger partial charge in [-0.1, -0.05) is 24.3 Å². The van der Waals surface area contributed by atoms with E-state index in [1.165, 1.54) is 47.6 Å². The molecule has 0 radical (unpaired) electrons. The zero-order chi connectivity index (χ0) is 29.7. The summed E-state index contributed by atoms with van der Waals surface area (Å²) in [6, 6.07) is 12.2. The number of nitrogens with one attached hydrogen (secondary N) is 1. The Morgan fingerprint density at radius 2 is 1.88 bits per heavy atom. The molecule has 214 valence electrons. The molecule has 1 aromatic heterocycles. The molecule has 0 bridgehead atoms. The number of terminal acetylenes is 1. The van der Waals surface area contributed by atoms with Crippen molar-refractivity contribution in [3.05, 3.63) is 92.9 Å². The van der Waals surface area contributed by atoms with Gasteiger partial charge in [-0.25, -0.2) is 13.6 Å². The second-order valence-corrected chi connectivity index (χ2v) is 10.3. The first-order valence-electron chi connectivity index (χ1n) is 12.5. The summed E-state index contributed by atoms with van der Waals surface area (Å²) in [6.45, 7) is 1.18. The summed E-state index contributed by atoms with van der Waals surface area (Å²) in [5, 5.41) is 0. The van der Waals surface area contributed by atoms with Crippen LogP contribution in [0.5, 0.6) is 5.75 Å². The van der Waals surface area contributed by atoms with Crippen LogP contribution in [0, 0.1) is 24.5 Å². The van der Waals surface area contributed by atoms with E-state index < -0.39 is 23.2 Å². The number of thioether (sulfide) groups is 1. The molecule has 2 aromatic carbocycles. The van der Waals surface area contributed by atoms with Gasteiger partial charge in [-0.15, -0.1) is 24.6 Å². The highest BCUT2D eigenvalue weighted by Crippen LogP contribution is 2.35. The Kier molecular flexibility index (Phi) is 9.31. The van der Waals surface area contributed by atoms with Crippen LogP contribution in [-0.2, 0) is 16.9 Å². The maximum atomic E-state index is 13.7. The Balaban J connectivity index is 0.000000183. The molecule has 0 aliphatic carbocycles. The van der Waals surface area contributed by atoms with Crippen LogP contribution in [0.1, 0.15) is 27.2 Å². The molecular weight excluding hydrogens is 554 g/mol. The molecule has 3 aliphatic heterocycles. The van der Waals surface area contributed by atoms with Crippen LogP contribution in [0.4, 0.5) is 13.6 Å². The number of carbonyl (C=O) groups excluding carboxylic acids is 2. The minimum atomic E-state index is -0.754. The molecule has 0 spiro atoms. The predicted octanol–water partition coefficient (Wildman–Crippen LogP) is 3.68. The summed E-state index contributed by atoms with van der Waals surface area (Å²) in [7, 11) is 2.99. The van der Waals surface area contributed by atoms with Gasteiger partial charge >= 0.3 is 6.09 Å². The van der Waals surface area contributed by atoms with Crippen LogP contribution in [-0.4, -0.2) is 66.5 Å². The minimum Gasteiger partial charge on any atom is -0.403 e. The molecule has 1 N–H and O–H groups in total. The fraction of sp³-hybridized carbons (Fsp3) is 0.276. The van der Waals surface area contributed by atoms with Crippen LogP contribution in [0.3, 0.4) is 0 Å². The van der Waals surface area contributed by atoms with Gasteiger partial charge in [-0.3, -0.25) is 14.3 Å². The van der Waals surface area contributed by atoms with E-state index >= 15 is 0 Å². The van der Waals surface area contributed by atoms with Crippen molar-refractivity contribution in [2.45, 2.75) is 23.2 Å². The van der Waals surface area contributed by atoms with Gasteiger partial charge in [0.05, 0.1) is 13.2 Å². The van der Waals surface area contributed by atoms with E-state index in [1.54, 1.807) is 22.7 Å². The number of benzene rings is 2. The van der Waals surface area contributed by atoms with Gasteiger partial charge in [0.15, 0.2) is 17.3 Å². The van der Waals surface area contributed by atoms with Gasteiger partial charge in [-0.2, -0.15) is 0 Å². The van der Waals surface area contributed by atoms with Crippen molar-refractivity contribution >= 4 is 23.8 Å². The van der Waals surface area contributed by atoms with Crippen molar-refractivity contribution < 1.29 is 27.8 Å². The Morgan fingerprint density at radius 3 is 2.63 bits per heavy atom. The quantitative estimate of drug-likeness (QED) is 0.438. The molecule has 2 amide bonds. The lowest BCUT2D eigenvalue weighted by molar-refractivity contribution is -0.00313. The third kappa shape index (κ3) is 6.21. The number of aromatic nitrogens is 1. The SMILES string of the molecule is C#C.CN(C)C(=O)Oc1c2n(ccc1=O)N[C@@H]1COCCN1C2=O.Fc1ccc2c(c1F)CSc1ccccc1C2. The average Bonchev–Trinajstić information content (AvgIpc) is 3.18. The Hall–Kier alpha value is -4.34. The van der Waals surface area contributed by atoms with Gasteiger partial charge in [-0.05, 0) is 29.7 Å². The number of pyridine rings is 1. The normalized spacial score (nSPS) is 16.4. The van der Waals surface area contributed by atoms with Crippen molar-refractivity contribution in [3.8, 4) is 18.6 Å². The summed E-state index contributed by atoms with van der Waals surface area (Å²) >= 11 is 1.57. The molecule has 9 nitrogen and oxygen atoms in total. The summed E-state index contributed by atoms with van der Waals surface area (Å²) in [6.07, 6.45) is 9.08. The zero-order valence-corrected chi connectivity index (χ0v) is 23.2. The third-order valence-corrected chi connectivity index (χ3v) is 7.65. The maximum Gasteiger partial charge on any atom is 0.414 e. The molecule has 3 aliphatic rings. The van der Waals surface area contributed by atoms with Gasteiger partial charge < -0.3 is 24.7 Å². The summed E-state index contributed by atoms with van der Waals surface area (Å²) in [5.74, 6) is -1.59. The molecule has 4 heterocycles. The molecular formula is C29H28F2N4O5S. The highest BCUT2D eigenvalue weighted by molar-refractivity contribution is 7.98. The number of ether oxygens (including phenoxy) is 2. The number of amides is 2. The largest absolute Gasteiger partial charge is 0.414 e. The number of rotatable bonds is 1. The standard InChI is InChI=1S/C14H10F2S.C13H16N4O5.C2H2/c15-12-6-5-9-7-10-3-1-2-4-13(10)17-8-11(9)14(12)16;1-15(2)13(20)22-11-8(18)3-4-17-10(11)12(19)16-5-6-21-7-9(16)14-17;1-2/h1-6H,7-8H2;3-4,9,14H,5-7H2,1-2H3;1-2H/t;9-;/m.0./s1. The highest BCUT2D eigenvalue weighted by atomic mass is 32.2. The van der Waals surface area contributed by atoms with Crippen molar-refractivity contribution in [2.24, 2.45) is 0 Å². The maximum absolute atomic E-state index is 13.7. The predicted molar refractivity (Wildman–Crippen MR) is 150 cm³/mol. The van der Waals surface area contributed by atoms with Gasteiger partial charge in [0.25, 0.3) is 5.91 Å². The van der Waals surface area contributed by atoms with E-state index in [4.69, 9.17) is 9.47 Å². The smallest absolute Gasteiger partial charge is 0.403 e. The van der Waals surface area contributed by atoms with Crippen molar-refractivity contribution in [3.63, 3.8) is 0 Å². The number of fused-ring (bicyclic) bond motifs is 4. The molecule has 1 atom stereocenters. The van der Waals surface area contributed by atoms with E-state index in [1.807, 2.05) is 24.3 Å². The molecule has 12 heteroatoms. The number of morpholine rings is 1. The molecule has 1 saturated heterocycles. The fourth-order valence-electron chi connectivity index (χ4n) is 4.45. The molecule has 0 saturated carbocycles. The molecule has 0 unspecified atom stereocenters. The van der Waals surface area contributed by atoms with Gasteiger partial charge in [0, 0.05) is 49.1 Å². The molecule has 41 heavy (non-hydrogen) atoms. The van der Waals surface area contributed by atoms with Crippen LogP contribution in [0.15, 0.2) is 58.4 Å². The third-order valence-electron chi connectivity index (χ3n) is 6.51. The molecule has 3 aromatic rings. The van der Waals surface area contributed by atoms with Crippen molar-refractivity contribution in [2.75, 3.05) is 39.3 Å². The topological polar surface area (TPSA) is 93.1 Å². The van der Waals surface area contributed by atoms with E-state index in [9.17, 15) is 23.2 Å². The lowest BCUT2D eigenvalue weighted by atomic mass is 10.0. The van der Waals surface area contributed by atoms with Gasteiger partial charge in [0.1, 0.15) is 6.17 Å². The lowest BCUT2D eigenvalue weighted by Gasteiger charge is -2.41. The second-order valence-electron chi connectivity index (χ2n) is 9.28. The number of hydrogen-bond donors (Lipinski definition) is 1. The summed E-state index contributed by atoms with van der Waals surface area (Å²) in [5.41, 5.74) is 5.12. The Labute approximate surface area is 240 Å². The van der Waals surface area contributed by atoms with Crippen LogP contribution >= 0.6 is 11.8 Å². The van der Waals surface area contributed by atoms with Crippen molar-refractivity contribution in [1.82, 2.24) is 14.5 Å². The number of nitrogens with zero attached hydrogens (tertiary/aromatic N) is 3. The number of hydrogen-bond acceptors (Lipinski definition) is 7. The lowest BCUT2D eigenvalue weighted by Crippen LogP contribution is -2.59. The summed E-state index contributed by atoms with van der Waals surface area (Å²) < 4.78 is 38.7. The van der Waals surface area contributed by atoms with E-state index in [-0.39, 0.29) is 23.5 Å². The molecule has 6 rings (SSSR count). The average molecular weight is 583 g/mol. The van der Waals surface area contributed by atoms with Crippen molar-refractivity contribution in [1.29, 1.82) is 0 Å². The first-order valence-corrected chi connectivity index (χ1v) is 13.5. The first kappa shape index (κ1) is 29.6. The highest BCUT2D eigenvalue weighted by Gasteiger charge is 2.37. The van der Waals surface area contributed by atoms with E-state index in [0.29, 0.717) is 37.5 Å². The van der Waals surface area contributed by atoms with Crippen LogP contribution < -0.4 is 15.6 Å². The molecule has 1 fully saturated rings. The Bertz CT molecular complexity index is 1540. The zero-order valence-electron chi connectivity index (χ0n) is 22.4. The van der Waals surface area contributed by atoms with Crippen LogP contribution in [0.2, 0.25) is 0 Å². The van der Waals surface area contributed by atoms with E-state index in [2.05, 4.69) is 18.3 Å². The number of halogens is 2. The monoisotopic (exact) mass is 582 g/mol. The minimum absolute atomic E-state index is 0.0147. The number of carbonyl (C=O) groups is 2. The van der Waals surface area contributed by atoms with Gasteiger partial charge in [0.2, 0.25) is 11.2 Å². The van der Waals surface area contributed by atoms with E-state index in [0.717, 1.165) is 10.5 Å². The fourth-order valence-corrected chi connectivity index (χ4v) is 5.57. The van der Waals surface area contributed by atoms with Crippen LogP contribution in [0.25, 0.3) is 0 Å². The first-order chi connectivity index (χ1) is 19.7. The Morgan fingerprint density at radius 1 is 1.12 bits per heavy atom.